The molecular formula is C10H10F2O4S. The Kier molecular flexibility index (Phi) is 3.53. The molecule has 2 atom stereocenters. The van der Waals surface area contributed by atoms with Crippen LogP contribution in [0.15, 0.2) is 18.2 Å². The molecular weight excluding hydrogens is 254 g/mol. The van der Waals surface area contributed by atoms with Crippen LogP contribution < -0.4 is 0 Å². The molecule has 0 saturated carbocycles. The fraction of sp³-hybridized carbons (Fsp3) is 0.400. The largest absolute Gasteiger partial charge is 0.364 e. The van der Waals surface area contributed by atoms with Gasteiger partial charge < -0.3 is 4.74 Å². The third-order valence-electron chi connectivity index (χ3n) is 2.60. The summed E-state index contributed by atoms with van der Waals surface area (Å²) in [5, 5.41) is 0. The molecule has 0 aliphatic carbocycles. The molecule has 1 aromatic rings. The van der Waals surface area contributed by atoms with Crippen LogP contribution in [0.5, 0.6) is 0 Å². The third-order valence-corrected chi connectivity index (χ3v) is 2.97. The molecule has 1 saturated heterocycles. The zero-order chi connectivity index (χ0) is 12.5. The molecule has 1 aromatic carbocycles. The van der Waals surface area contributed by atoms with Gasteiger partial charge in [-0.05, 0) is 6.07 Å². The van der Waals surface area contributed by atoms with Gasteiger partial charge >= 0.3 is 11.4 Å². The minimum Gasteiger partial charge on any atom is -0.364 e. The normalized spacial score (nSPS) is 24.6. The Balaban J connectivity index is 2.07. The van der Waals surface area contributed by atoms with E-state index in [0.29, 0.717) is 0 Å². The first-order valence-electron chi connectivity index (χ1n) is 4.87. The molecule has 0 bridgehead atoms. The van der Waals surface area contributed by atoms with Crippen molar-refractivity contribution in [2.24, 2.45) is 0 Å². The average Bonchev–Trinajstić information content (AvgIpc) is 2.98. The molecule has 94 valence electrons. The zero-order valence-electron chi connectivity index (χ0n) is 8.69. The highest BCUT2D eigenvalue weighted by molar-refractivity contribution is 7.74. The zero-order valence-corrected chi connectivity index (χ0v) is 9.51. The maximum Gasteiger partial charge on any atom is 0.301 e. The third kappa shape index (κ3) is 2.86. The van der Waals surface area contributed by atoms with Crippen molar-refractivity contribution >= 4 is 11.4 Å². The second kappa shape index (κ2) is 4.77. The number of ether oxygens (including phenoxy) is 1. The van der Waals surface area contributed by atoms with Gasteiger partial charge in [0.05, 0.1) is 13.2 Å². The summed E-state index contributed by atoms with van der Waals surface area (Å²) in [7, 11) is 0. The molecule has 1 fully saturated rings. The van der Waals surface area contributed by atoms with Crippen molar-refractivity contribution in [2.75, 3.05) is 13.2 Å². The average molecular weight is 264 g/mol. The number of epoxide rings is 1. The van der Waals surface area contributed by atoms with Gasteiger partial charge in [0.15, 0.2) is 0 Å². The van der Waals surface area contributed by atoms with E-state index in [2.05, 4.69) is 4.18 Å². The highest BCUT2D eigenvalue weighted by Gasteiger charge is 2.48. The summed E-state index contributed by atoms with van der Waals surface area (Å²) >= 11 is -2.35. The molecule has 4 nitrogen and oxygen atoms in total. The first-order chi connectivity index (χ1) is 8.03. The summed E-state index contributed by atoms with van der Waals surface area (Å²) in [5.41, 5.74) is -0.608. The smallest absolute Gasteiger partial charge is 0.301 e. The van der Waals surface area contributed by atoms with Crippen molar-refractivity contribution < 1.29 is 26.5 Å². The molecule has 1 aliphatic rings. The van der Waals surface area contributed by atoms with Crippen LogP contribution in [0.3, 0.4) is 0 Å². The van der Waals surface area contributed by atoms with E-state index in [1.165, 1.54) is 6.07 Å². The molecule has 0 aromatic heterocycles. The molecule has 1 aliphatic heterocycles. The van der Waals surface area contributed by atoms with E-state index in [0.717, 1.165) is 12.1 Å². The summed E-state index contributed by atoms with van der Waals surface area (Å²) in [4.78, 5) is 0. The van der Waals surface area contributed by atoms with Gasteiger partial charge in [-0.1, -0.05) is 6.07 Å². The Morgan fingerprint density at radius 3 is 2.76 bits per heavy atom. The lowest BCUT2D eigenvalue weighted by Crippen LogP contribution is -2.15. The molecule has 0 spiro atoms. The number of hydrogen-bond donors (Lipinski definition) is 1. The van der Waals surface area contributed by atoms with E-state index in [4.69, 9.17) is 9.29 Å². The second-order valence-corrected chi connectivity index (χ2v) is 4.37. The van der Waals surface area contributed by atoms with E-state index >= 15 is 0 Å². The van der Waals surface area contributed by atoms with Crippen molar-refractivity contribution in [3.63, 3.8) is 0 Å². The number of halogens is 2. The fourth-order valence-corrected chi connectivity index (χ4v) is 1.88. The van der Waals surface area contributed by atoms with Gasteiger partial charge in [0, 0.05) is 18.1 Å². The Labute approximate surface area is 99.0 Å². The Morgan fingerprint density at radius 1 is 1.53 bits per heavy atom. The molecule has 0 radical (unpaired) electrons. The van der Waals surface area contributed by atoms with Gasteiger partial charge in [-0.15, -0.1) is 0 Å². The van der Waals surface area contributed by atoms with E-state index < -0.39 is 28.6 Å². The summed E-state index contributed by atoms with van der Waals surface area (Å²) < 4.78 is 54.5. The van der Waals surface area contributed by atoms with Crippen molar-refractivity contribution in [1.29, 1.82) is 0 Å². The van der Waals surface area contributed by atoms with E-state index in [1.807, 2.05) is 0 Å². The Hall–Kier alpha value is -0.890. The molecule has 2 rings (SSSR count). The van der Waals surface area contributed by atoms with Crippen molar-refractivity contribution in [3.8, 4) is 0 Å². The van der Waals surface area contributed by atoms with Gasteiger partial charge in [0.1, 0.15) is 17.2 Å². The van der Waals surface area contributed by atoms with Gasteiger partial charge in [0.25, 0.3) is 0 Å². The minimum absolute atomic E-state index is 0.0417. The number of hydrogen-bond acceptors (Lipinski definition) is 3. The van der Waals surface area contributed by atoms with Crippen LogP contribution >= 0.6 is 0 Å². The summed E-state index contributed by atoms with van der Waals surface area (Å²) in [6.07, 6.45) is 0.238. The maximum atomic E-state index is 13.5. The SMILES string of the molecule is O=S(O)OCC[C@@]1(c2ccc(F)cc2F)CO1. The van der Waals surface area contributed by atoms with Crippen molar-refractivity contribution in [2.45, 2.75) is 12.0 Å². The molecule has 1 unspecified atom stereocenters. The van der Waals surface area contributed by atoms with Crippen LogP contribution in [0.25, 0.3) is 0 Å². The number of benzene rings is 1. The van der Waals surface area contributed by atoms with Gasteiger partial charge in [-0.3, -0.25) is 8.74 Å². The summed E-state index contributed by atoms with van der Waals surface area (Å²) in [6.45, 7) is 0.247. The van der Waals surface area contributed by atoms with E-state index in [1.54, 1.807) is 0 Å². The predicted octanol–water partition coefficient (Wildman–Crippen LogP) is 1.73. The lowest BCUT2D eigenvalue weighted by Gasteiger charge is -2.12. The lowest BCUT2D eigenvalue weighted by molar-refractivity contribution is 0.224. The van der Waals surface area contributed by atoms with Crippen LogP contribution in [0.2, 0.25) is 0 Å². The van der Waals surface area contributed by atoms with E-state index in [-0.39, 0.29) is 25.2 Å². The van der Waals surface area contributed by atoms with E-state index in [9.17, 15) is 13.0 Å². The fourth-order valence-electron chi connectivity index (χ4n) is 1.66. The van der Waals surface area contributed by atoms with Crippen LogP contribution in [0, 0.1) is 11.6 Å². The monoisotopic (exact) mass is 264 g/mol. The van der Waals surface area contributed by atoms with Crippen LogP contribution in [-0.4, -0.2) is 22.0 Å². The predicted molar refractivity (Wildman–Crippen MR) is 55.3 cm³/mol. The highest BCUT2D eigenvalue weighted by Crippen LogP contribution is 2.43. The lowest BCUT2D eigenvalue weighted by atomic mass is 9.96. The molecule has 1 heterocycles. The van der Waals surface area contributed by atoms with Crippen molar-refractivity contribution in [1.82, 2.24) is 0 Å². The van der Waals surface area contributed by atoms with Crippen LogP contribution in [-0.2, 0) is 25.9 Å². The minimum atomic E-state index is -2.35. The topological polar surface area (TPSA) is 59.1 Å². The molecule has 0 amide bonds. The summed E-state index contributed by atoms with van der Waals surface area (Å²) in [6, 6.07) is 3.24. The highest BCUT2D eigenvalue weighted by atomic mass is 32.2. The molecule has 17 heavy (non-hydrogen) atoms. The van der Waals surface area contributed by atoms with Gasteiger partial charge in [0.2, 0.25) is 0 Å². The Morgan fingerprint density at radius 2 is 2.24 bits per heavy atom. The summed E-state index contributed by atoms with van der Waals surface area (Å²) in [5.74, 6) is -1.35. The molecule has 1 N–H and O–H groups in total. The van der Waals surface area contributed by atoms with Crippen LogP contribution in [0.1, 0.15) is 12.0 Å². The number of rotatable bonds is 5. The quantitative estimate of drug-likeness (QED) is 0.650. The van der Waals surface area contributed by atoms with Crippen molar-refractivity contribution in [3.05, 3.63) is 35.4 Å². The maximum absolute atomic E-state index is 13.5. The van der Waals surface area contributed by atoms with Gasteiger partial charge in [-0.2, -0.15) is 4.21 Å². The first kappa shape index (κ1) is 12.6. The van der Waals surface area contributed by atoms with Crippen LogP contribution in [0.4, 0.5) is 8.78 Å². The van der Waals surface area contributed by atoms with Gasteiger partial charge in [-0.25, -0.2) is 8.78 Å². The Bertz CT molecular complexity index is 448. The first-order valence-corrected chi connectivity index (χ1v) is 5.90. The molecule has 7 heteroatoms. The second-order valence-electron chi connectivity index (χ2n) is 3.70. The standard InChI is InChI=1S/C10H10F2O4S/c11-7-1-2-8(9(12)5-7)10(6-15-10)3-4-16-17(13)14/h1-2,5H,3-4,6H2,(H,13,14)/t10-/m0/s1.